The first kappa shape index (κ1) is 17.0. The second-order valence-corrected chi connectivity index (χ2v) is 6.54. The summed E-state index contributed by atoms with van der Waals surface area (Å²) < 4.78 is 8.93. The first-order valence-corrected chi connectivity index (χ1v) is 8.81. The highest BCUT2D eigenvalue weighted by Crippen LogP contribution is 2.17. The lowest BCUT2D eigenvalue weighted by Gasteiger charge is -2.09. The van der Waals surface area contributed by atoms with Gasteiger partial charge >= 0.3 is 0 Å². The van der Waals surface area contributed by atoms with Gasteiger partial charge in [-0.25, -0.2) is 9.67 Å². The Labute approximate surface area is 156 Å². The Morgan fingerprint density at radius 3 is 2.52 bits per heavy atom. The fraction of sp³-hybridized carbons (Fsp3) is 0.190. The van der Waals surface area contributed by atoms with E-state index in [9.17, 15) is 4.79 Å². The first-order valence-electron chi connectivity index (χ1n) is 8.81. The van der Waals surface area contributed by atoms with Crippen molar-refractivity contribution in [2.24, 2.45) is 0 Å². The van der Waals surface area contributed by atoms with E-state index in [1.165, 1.54) is 0 Å². The van der Waals surface area contributed by atoms with Crippen LogP contribution >= 0.6 is 0 Å². The van der Waals surface area contributed by atoms with Crippen LogP contribution in [-0.2, 0) is 6.54 Å². The Hall–Kier alpha value is -3.41. The van der Waals surface area contributed by atoms with E-state index < -0.39 is 0 Å². The van der Waals surface area contributed by atoms with E-state index in [-0.39, 0.29) is 5.56 Å². The van der Waals surface area contributed by atoms with Crippen LogP contribution in [0.25, 0.3) is 16.7 Å². The maximum Gasteiger partial charge on any atom is 0.264 e. The molecule has 0 amide bonds. The molecule has 2 aromatic heterocycles. The molecule has 0 fully saturated rings. The second kappa shape index (κ2) is 7.07. The molecule has 27 heavy (non-hydrogen) atoms. The Bertz CT molecular complexity index is 1130. The zero-order valence-electron chi connectivity index (χ0n) is 15.3. The van der Waals surface area contributed by atoms with Crippen molar-refractivity contribution in [2.75, 3.05) is 6.61 Å². The summed E-state index contributed by atoms with van der Waals surface area (Å²) in [6.45, 7) is 4.89. The molecule has 0 bridgehead atoms. The summed E-state index contributed by atoms with van der Waals surface area (Å²) in [4.78, 5) is 17.2. The lowest BCUT2D eigenvalue weighted by atomic mass is 10.1. The van der Waals surface area contributed by atoms with E-state index in [2.05, 4.69) is 16.1 Å². The number of fused-ring (bicyclic) bond motifs is 1. The second-order valence-electron chi connectivity index (χ2n) is 6.54. The van der Waals surface area contributed by atoms with E-state index in [1.54, 1.807) is 21.8 Å². The normalized spacial score (nSPS) is 11.0. The van der Waals surface area contributed by atoms with Crippen LogP contribution < -0.4 is 10.3 Å². The van der Waals surface area contributed by atoms with Gasteiger partial charge in [0, 0.05) is 0 Å². The Morgan fingerprint density at radius 1 is 1.04 bits per heavy atom. The minimum Gasteiger partial charge on any atom is -0.492 e. The lowest BCUT2D eigenvalue weighted by Crippen LogP contribution is -2.23. The third-order valence-electron chi connectivity index (χ3n) is 4.35. The number of aryl methyl sites for hydroxylation is 2. The molecule has 0 aliphatic rings. The van der Waals surface area contributed by atoms with Crippen molar-refractivity contribution >= 4 is 11.0 Å². The first-order chi connectivity index (χ1) is 13.1. The number of rotatable bonds is 5. The molecule has 0 N–H and O–H groups in total. The van der Waals surface area contributed by atoms with Crippen molar-refractivity contribution in [1.82, 2.24) is 19.3 Å². The Morgan fingerprint density at radius 2 is 1.78 bits per heavy atom. The van der Waals surface area contributed by atoms with Crippen LogP contribution in [-0.4, -0.2) is 25.9 Å². The highest BCUT2D eigenvalue weighted by molar-refractivity contribution is 5.75. The number of benzene rings is 2. The molecule has 2 heterocycles. The smallest absolute Gasteiger partial charge is 0.264 e. The van der Waals surface area contributed by atoms with Crippen molar-refractivity contribution in [1.29, 1.82) is 0 Å². The molecule has 0 saturated carbocycles. The minimum atomic E-state index is -0.118. The van der Waals surface area contributed by atoms with Crippen LogP contribution in [0.2, 0.25) is 0 Å². The van der Waals surface area contributed by atoms with Crippen LogP contribution in [0.4, 0.5) is 0 Å². The number of aromatic nitrogens is 4. The summed E-state index contributed by atoms with van der Waals surface area (Å²) in [6, 6.07) is 15.7. The van der Waals surface area contributed by atoms with Gasteiger partial charge in [0.25, 0.3) is 5.56 Å². The molecule has 6 heteroatoms. The Balaban J connectivity index is 1.61. The van der Waals surface area contributed by atoms with Crippen LogP contribution in [0.1, 0.15) is 11.1 Å². The quantitative estimate of drug-likeness (QED) is 0.548. The molecule has 0 saturated heterocycles. The predicted octanol–water partition coefficient (Wildman–Crippen LogP) is 3.28. The average molecular weight is 360 g/mol. The van der Waals surface area contributed by atoms with E-state index >= 15 is 0 Å². The fourth-order valence-electron chi connectivity index (χ4n) is 3.15. The van der Waals surface area contributed by atoms with Crippen molar-refractivity contribution in [2.45, 2.75) is 20.4 Å². The zero-order valence-corrected chi connectivity index (χ0v) is 15.3. The third-order valence-corrected chi connectivity index (χ3v) is 4.35. The predicted molar refractivity (Wildman–Crippen MR) is 105 cm³/mol. The maximum absolute atomic E-state index is 12.8. The molecule has 4 aromatic rings. The molecule has 0 spiro atoms. The summed E-state index contributed by atoms with van der Waals surface area (Å²) in [5.41, 5.74) is 3.62. The molecule has 0 aliphatic carbocycles. The highest BCUT2D eigenvalue weighted by atomic mass is 16.5. The van der Waals surface area contributed by atoms with Gasteiger partial charge in [0.1, 0.15) is 24.1 Å². The molecule has 136 valence electrons. The fourth-order valence-corrected chi connectivity index (χ4v) is 3.15. The molecule has 4 rings (SSSR count). The summed E-state index contributed by atoms with van der Waals surface area (Å²) >= 11 is 0. The van der Waals surface area contributed by atoms with Gasteiger partial charge in [0.15, 0.2) is 5.65 Å². The number of nitrogens with zero attached hydrogens (tertiary/aromatic N) is 4. The average Bonchev–Trinajstić information content (AvgIpc) is 3.09. The van der Waals surface area contributed by atoms with Gasteiger partial charge < -0.3 is 4.74 Å². The molecule has 0 unspecified atom stereocenters. The maximum atomic E-state index is 12.8. The van der Waals surface area contributed by atoms with E-state index in [0.29, 0.717) is 24.2 Å². The van der Waals surface area contributed by atoms with Gasteiger partial charge in [-0.1, -0.05) is 24.3 Å². The van der Waals surface area contributed by atoms with Crippen molar-refractivity contribution in [3.63, 3.8) is 0 Å². The van der Waals surface area contributed by atoms with Gasteiger partial charge in [-0.15, -0.1) is 0 Å². The molecular formula is C21H20N4O2. The van der Waals surface area contributed by atoms with Crippen molar-refractivity contribution < 1.29 is 4.74 Å². The molecule has 0 atom stereocenters. The van der Waals surface area contributed by atoms with Gasteiger partial charge in [0.05, 0.1) is 18.4 Å². The Kier molecular flexibility index (Phi) is 4.46. The van der Waals surface area contributed by atoms with Gasteiger partial charge in [-0.2, -0.15) is 5.10 Å². The third kappa shape index (κ3) is 3.46. The number of hydrogen-bond acceptors (Lipinski definition) is 4. The van der Waals surface area contributed by atoms with Crippen molar-refractivity contribution in [3.05, 3.63) is 82.5 Å². The van der Waals surface area contributed by atoms with E-state index in [1.807, 2.05) is 56.3 Å². The number of ether oxygens (including phenoxy) is 1. The van der Waals surface area contributed by atoms with Crippen molar-refractivity contribution in [3.8, 4) is 11.4 Å². The SMILES string of the molecule is Cc1cc(C)cc(-n2ncc3c(=O)n(CCOc4ccccc4)cnc32)c1. The van der Waals surface area contributed by atoms with Crippen LogP contribution in [0.3, 0.4) is 0 Å². The number of para-hydroxylation sites is 1. The van der Waals surface area contributed by atoms with Gasteiger partial charge in [0.2, 0.25) is 0 Å². The monoisotopic (exact) mass is 360 g/mol. The molecule has 0 radical (unpaired) electrons. The summed E-state index contributed by atoms with van der Waals surface area (Å²) in [5, 5.41) is 4.88. The summed E-state index contributed by atoms with van der Waals surface area (Å²) in [6.07, 6.45) is 3.14. The standard InChI is InChI=1S/C21H20N4O2/c1-15-10-16(2)12-17(11-15)25-20-19(13-23-25)21(26)24(14-22-20)8-9-27-18-6-4-3-5-7-18/h3-7,10-14H,8-9H2,1-2H3. The number of hydrogen-bond donors (Lipinski definition) is 0. The lowest BCUT2D eigenvalue weighted by molar-refractivity contribution is 0.296. The van der Waals surface area contributed by atoms with Gasteiger partial charge in [-0.3, -0.25) is 9.36 Å². The molecule has 0 aliphatic heterocycles. The molecular weight excluding hydrogens is 340 g/mol. The van der Waals surface area contributed by atoms with E-state index in [0.717, 1.165) is 22.6 Å². The van der Waals surface area contributed by atoms with Crippen LogP contribution in [0.5, 0.6) is 5.75 Å². The molecule has 6 nitrogen and oxygen atoms in total. The summed E-state index contributed by atoms with van der Waals surface area (Å²) in [5.74, 6) is 0.780. The summed E-state index contributed by atoms with van der Waals surface area (Å²) in [7, 11) is 0. The topological polar surface area (TPSA) is 61.9 Å². The van der Waals surface area contributed by atoms with Gasteiger partial charge in [-0.05, 0) is 49.2 Å². The largest absolute Gasteiger partial charge is 0.492 e. The van der Waals surface area contributed by atoms with E-state index in [4.69, 9.17) is 4.74 Å². The highest BCUT2D eigenvalue weighted by Gasteiger charge is 2.12. The molecule has 2 aromatic carbocycles. The minimum absolute atomic E-state index is 0.118. The van der Waals surface area contributed by atoms with Crippen LogP contribution in [0, 0.1) is 13.8 Å². The zero-order chi connectivity index (χ0) is 18.8. The van der Waals surface area contributed by atoms with Crippen LogP contribution in [0.15, 0.2) is 65.8 Å².